The summed E-state index contributed by atoms with van der Waals surface area (Å²) in [7, 11) is 1.27. The van der Waals surface area contributed by atoms with Crippen LogP contribution in [0.3, 0.4) is 0 Å². The Hall–Kier alpha value is -1.58. The molecule has 0 bridgehead atoms. The third-order valence-corrected chi connectivity index (χ3v) is 2.20. The molecule has 1 N–H and O–H groups in total. The number of amides is 1. The van der Waals surface area contributed by atoms with Gasteiger partial charge in [-0.3, -0.25) is 9.59 Å². The second kappa shape index (κ2) is 4.09. The molecule has 1 aliphatic rings. The van der Waals surface area contributed by atoms with Gasteiger partial charge < -0.3 is 10.1 Å². The van der Waals surface area contributed by atoms with E-state index >= 15 is 0 Å². The van der Waals surface area contributed by atoms with Crippen LogP contribution in [0.25, 0.3) is 0 Å². The van der Waals surface area contributed by atoms with Crippen molar-refractivity contribution in [3.8, 4) is 0 Å². The summed E-state index contributed by atoms with van der Waals surface area (Å²) in [5.74, 6) is -0.877. The minimum Gasteiger partial charge on any atom is -0.468 e. The van der Waals surface area contributed by atoms with Crippen molar-refractivity contribution in [3.63, 3.8) is 0 Å². The van der Waals surface area contributed by atoms with Gasteiger partial charge in [0, 0.05) is 6.54 Å². The van der Waals surface area contributed by atoms with E-state index in [2.05, 4.69) is 16.6 Å². The van der Waals surface area contributed by atoms with Crippen LogP contribution in [0.5, 0.6) is 0 Å². The quantitative estimate of drug-likeness (QED) is 0.403. The Bertz CT molecular complexity index is 296. The summed E-state index contributed by atoms with van der Waals surface area (Å²) >= 11 is 0. The summed E-state index contributed by atoms with van der Waals surface area (Å²) in [5, 5.41) is 2.60. The molecule has 4 nitrogen and oxygen atoms in total. The second-order valence-electron chi connectivity index (χ2n) is 3.07. The van der Waals surface area contributed by atoms with Gasteiger partial charge in [-0.05, 0) is 6.42 Å². The molecule has 0 unspecified atom stereocenters. The molecule has 0 aromatic carbocycles. The predicted octanol–water partition coefficient (Wildman–Crippen LogP) is 0.408. The highest BCUT2D eigenvalue weighted by Crippen LogP contribution is 2.28. The first-order chi connectivity index (χ1) is 6.67. The zero-order valence-corrected chi connectivity index (χ0v) is 8.08. The fraction of sp³-hybridized carbons (Fsp3) is 0.400. The minimum absolute atomic E-state index is 0.252. The summed E-state index contributed by atoms with van der Waals surface area (Å²) in [6, 6.07) is 0. The summed E-state index contributed by atoms with van der Waals surface area (Å²) in [6.45, 7) is 3.98. The SMILES string of the molecule is C=CC[C@]1(C(=O)OC)C=CCNC1=O. The Morgan fingerprint density at radius 3 is 3.07 bits per heavy atom. The average molecular weight is 195 g/mol. The second-order valence-corrected chi connectivity index (χ2v) is 3.07. The van der Waals surface area contributed by atoms with Gasteiger partial charge in [-0.2, -0.15) is 0 Å². The smallest absolute Gasteiger partial charge is 0.325 e. The van der Waals surface area contributed by atoms with Crippen molar-refractivity contribution in [2.45, 2.75) is 6.42 Å². The molecule has 0 fully saturated rings. The van der Waals surface area contributed by atoms with E-state index in [0.29, 0.717) is 6.54 Å². The Labute approximate surface area is 82.6 Å². The topological polar surface area (TPSA) is 55.4 Å². The van der Waals surface area contributed by atoms with E-state index in [-0.39, 0.29) is 12.3 Å². The van der Waals surface area contributed by atoms with E-state index in [1.807, 2.05) is 0 Å². The van der Waals surface area contributed by atoms with Crippen molar-refractivity contribution >= 4 is 11.9 Å². The van der Waals surface area contributed by atoms with Crippen LogP contribution in [0.4, 0.5) is 0 Å². The molecule has 14 heavy (non-hydrogen) atoms. The highest BCUT2D eigenvalue weighted by molar-refractivity contribution is 6.05. The maximum absolute atomic E-state index is 11.6. The first-order valence-corrected chi connectivity index (χ1v) is 4.32. The zero-order chi connectivity index (χ0) is 10.6. The van der Waals surface area contributed by atoms with Crippen LogP contribution in [0.15, 0.2) is 24.8 Å². The van der Waals surface area contributed by atoms with Crippen molar-refractivity contribution in [2.24, 2.45) is 5.41 Å². The van der Waals surface area contributed by atoms with Crippen LogP contribution in [0.2, 0.25) is 0 Å². The Morgan fingerprint density at radius 1 is 1.86 bits per heavy atom. The van der Waals surface area contributed by atoms with Crippen LogP contribution in [0, 0.1) is 5.41 Å². The third kappa shape index (κ3) is 1.55. The van der Waals surface area contributed by atoms with E-state index in [1.54, 1.807) is 12.2 Å². The molecule has 76 valence electrons. The van der Waals surface area contributed by atoms with Gasteiger partial charge in [-0.15, -0.1) is 6.58 Å². The number of methoxy groups -OCH3 is 1. The number of allylic oxidation sites excluding steroid dienone is 1. The van der Waals surface area contributed by atoms with Gasteiger partial charge in [0.15, 0.2) is 5.41 Å². The molecule has 1 amide bonds. The number of ether oxygens (including phenoxy) is 1. The lowest BCUT2D eigenvalue weighted by molar-refractivity contribution is -0.155. The van der Waals surface area contributed by atoms with Crippen LogP contribution in [0.1, 0.15) is 6.42 Å². The van der Waals surface area contributed by atoms with Crippen LogP contribution >= 0.6 is 0 Å². The molecule has 0 aliphatic carbocycles. The third-order valence-electron chi connectivity index (χ3n) is 2.20. The molecule has 1 atom stereocenters. The maximum atomic E-state index is 11.6. The lowest BCUT2D eigenvalue weighted by Crippen LogP contribution is -2.48. The van der Waals surface area contributed by atoms with Gasteiger partial charge in [0.2, 0.25) is 5.91 Å². The molecule has 4 heteroatoms. The molecule has 0 saturated heterocycles. The number of carbonyl (C=O) groups is 2. The molecule has 1 rings (SSSR count). The summed E-state index contributed by atoms with van der Waals surface area (Å²) in [6.07, 6.45) is 5.11. The van der Waals surface area contributed by atoms with E-state index in [0.717, 1.165) is 0 Å². The largest absolute Gasteiger partial charge is 0.468 e. The molecule has 0 saturated carbocycles. The number of rotatable bonds is 3. The standard InChI is InChI=1S/C10H13NO3/c1-3-5-10(9(13)14-2)6-4-7-11-8(10)12/h3-4,6H,1,5,7H2,2H3,(H,11,12)/t10-/m0/s1. The molecular formula is C10H13NO3. The van der Waals surface area contributed by atoms with Gasteiger partial charge in [0.1, 0.15) is 0 Å². The lowest BCUT2D eigenvalue weighted by atomic mass is 9.81. The van der Waals surface area contributed by atoms with Gasteiger partial charge in [-0.1, -0.05) is 18.2 Å². The van der Waals surface area contributed by atoms with E-state index in [4.69, 9.17) is 0 Å². The van der Waals surface area contributed by atoms with Crippen molar-refractivity contribution < 1.29 is 14.3 Å². The average Bonchev–Trinajstić information content (AvgIpc) is 2.20. The fourth-order valence-corrected chi connectivity index (χ4v) is 1.46. The van der Waals surface area contributed by atoms with Gasteiger partial charge in [-0.25, -0.2) is 0 Å². The molecule has 1 aliphatic heterocycles. The Kier molecular flexibility index (Phi) is 3.06. The fourth-order valence-electron chi connectivity index (χ4n) is 1.46. The van der Waals surface area contributed by atoms with Crippen molar-refractivity contribution in [1.29, 1.82) is 0 Å². The number of hydrogen-bond acceptors (Lipinski definition) is 3. The highest BCUT2D eigenvalue weighted by Gasteiger charge is 2.44. The van der Waals surface area contributed by atoms with E-state index in [9.17, 15) is 9.59 Å². The van der Waals surface area contributed by atoms with E-state index < -0.39 is 11.4 Å². The minimum atomic E-state index is -1.21. The summed E-state index contributed by atoms with van der Waals surface area (Å²) in [5.41, 5.74) is -1.21. The Morgan fingerprint density at radius 2 is 2.57 bits per heavy atom. The number of hydrogen-bond donors (Lipinski definition) is 1. The molecule has 0 aromatic heterocycles. The van der Waals surface area contributed by atoms with Crippen molar-refractivity contribution in [3.05, 3.63) is 24.8 Å². The zero-order valence-electron chi connectivity index (χ0n) is 8.08. The Balaban J connectivity index is 3.06. The molecule has 0 aromatic rings. The number of esters is 1. The van der Waals surface area contributed by atoms with E-state index in [1.165, 1.54) is 13.2 Å². The van der Waals surface area contributed by atoms with Gasteiger partial charge in [0.05, 0.1) is 7.11 Å². The summed E-state index contributed by atoms with van der Waals surface area (Å²) < 4.78 is 4.62. The monoisotopic (exact) mass is 195 g/mol. The molecule has 0 spiro atoms. The summed E-state index contributed by atoms with van der Waals surface area (Å²) in [4.78, 5) is 23.1. The predicted molar refractivity (Wildman–Crippen MR) is 51.4 cm³/mol. The number of carbonyl (C=O) groups excluding carboxylic acids is 2. The van der Waals surface area contributed by atoms with Crippen LogP contribution < -0.4 is 5.32 Å². The first-order valence-electron chi connectivity index (χ1n) is 4.32. The van der Waals surface area contributed by atoms with Gasteiger partial charge >= 0.3 is 5.97 Å². The molecule has 0 radical (unpaired) electrons. The molecular weight excluding hydrogens is 182 g/mol. The first kappa shape index (κ1) is 10.5. The van der Waals surface area contributed by atoms with Crippen LogP contribution in [-0.2, 0) is 14.3 Å². The van der Waals surface area contributed by atoms with Gasteiger partial charge in [0.25, 0.3) is 0 Å². The van der Waals surface area contributed by atoms with Crippen molar-refractivity contribution in [1.82, 2.24) is 5.32 Å². The number of nitrogens with one attached hydrogen (secondary N) is 1. The lowest BCUT2D eigenvalue weighted by Gasteiger charge is -2.27. The normalized spacial score (nSPS) is 25.4. The highest BCUT2D eigenvalue weighted by atomic mass is 16.5. The maximum Gasteiger partial charge on any atom is 0.325 e. The van der Waals surface area contributed by atoms with Crippen molar-refractivity contribution in [2.75, 3.05) is 13.7 Å². The molecule has 1 heterocycles. The van der Waals surface area contributed by atoms with Crippen LogP contribution in [-0.4, -0.2) is 25.5 Å².